The van der Waals surface area contributed by atoms with Gasteiger partial charge in [-0.25, -0.2) is 4.39 Å². The zero-order valence-corrected chi connectivity index (χ0v) is 14.0. The average Bonchev–Trinajstić information content (AvgIpc) is 2.66. The first-order valence-corrected chi connectivity index (χ1v) is 8.46. The molecule has 0 amide bonds. The molecule has 0 radical (unpaired) electrons. The minimum Gasteiger partial charge on any atom is -0.207 e. The highest BCUT2D eigenvalue weighted by Gasteiger charge is 2.02. The molecule has 4 aromatic carbocycles. The summed E-state index contributed by atoms with van der Waals surface area (Å²) in [6, 6.07) is 23.5. The van der Waals surface area contributed by atoms with Gasteiger partial charge in [0.05, 0.1) is 0 Å². The lowest BCUT2D eigenvalue weighted by Gasteiger charge is -2.06. The Morgan fingerprint density at radius 2 is 1.28 bits per heavy atom. The minimum atomic E-state index is -0.241. The molecule has 0 heterocycles. The highest BCUT2D eigenvalue weighted by molar-refractivity contribution is 6.07. The van der Waals surface area contributed by atoms with Crippen molar-refractivity contribution in [3.63, 3.8) is 0 Å². The Morgan fingerprint density at radius 3 is 2.00 bits per heavy atom. The van der Waals surface area contributed by atoms with Crippen LogP contribution in [0.3, 0.4) is 0 Å². The normalized spacial score (nSPS) is 10.6. The predicted molar refractivity (Wildman–Crippen MR) is 103 cm³/mol. The molecule has 120 valence electrons. The van der Waals surface area contributed by atoms with Crippen molar-refractivity contribution < 1.29 is 4.39 Å². The van der Waals surface area contributed by atoms with E-state index in [1.165, 1.54) is 39.2 Å². The molecule has 0 saturated carbocycles. The summed E-state index contributed by atoms with van der Waals surface area (Å²) in [6.07, 6.45) is 1.05. The molecule has 4 rings (SSSR count). The van der Waals surface area contributed by atoms with E-state index in [9.17, 15) is 4.39 Å². The summed E-state index contributed by atoms with van der Waals surface area (Å²) in [5.74, 6) is 6.01. The summed E-state index contributed by atoms with van der Waals surface area (Å²) in [5.41, 5.74) is 3.13. The maximum atomic E-state index is 13.0. The second kappa shape index (κ2) is 6.42. The molecule has 0 atom stereocenters. The van der Waals surface area contributed by atoms with Crippen LogP contribution in [0.2, 0.25) is 0 Å². The molecule has 4 aromatic rings. The third-order valence-corrected chi connectivity index (χ3v) is 4.50. The van der Waals surface area contributed by atoms with Crippen molar-refractivity contribution in [2.75, 3.05) is 0 Å². The summed E-state index contributed by atoms with van der Waals surface area (Å²) in [7, 11) is 0. The maximum absolute atomic E-state index is 13.0. The molecule has 0 N–H and O–H groups in total. The minimum absolute atomic E-state index is 0.241. The van der Waals surface area contributed by atoms with Crippen LogP contribution in [-0.2, 0) is 6.42 Å². The third kappa shape index (κ3) is 3.12. The molecule has 0 aliphatic heterocycles. The number of rotatable bonds is 1. The Bertz CT molecular complexity index is 1130. The van der Waals surface area contributed by atoms with Crippen LogP contribution in [-0.4, -0.2) is 0 Å². The van der Waals surface area contributed by atoms with Crippen molar-refractivity contribution >= 4 is 21.5 Å². The van der Waals surface area contributed by atoms with E-state index in [0.29, 0.717) is 0 Å². The summed E-state index contributed by atoms with van der Waals surface area (Å²) in [5, 5.41) is 4.97. The van der Waals surface area contributed by atoms with Gasteiger partial charge in [-0.2, -0.15) is 0 Å². The van der Waals surface area contributed by atoms with Crippen LogP contribution in [0.25, 0.3) is 21.5 Å². The average molecular weight is 324 g/mol. The smallest absolute Gasteiger partial charge is 0.123 e. The first kappa shape index (κ1) is 15.4. The van der Waals surface area contributed by atoms with Crippen molar-refractivity contribution in [1.82, 2.24) is 0 Å². The largest absolute Gasteiger partial charge is 0.207 e. The van der Waals surface area contributed by atoms with E-state index in [2.05, 4.69) is 61.2 Å². The maximum Gasteiger partial charge on any atom is 0.123 e. The Labute approximate surface area is 146 Å². The van der Waals surface area contributed by atoms with Gasteiger partial charge in [-0.1, -0.05) is 55.2 Å². The second-order valence-electron chi connectivity index (χ2n) is 6.17. The van der Waals surface area contributed by atoms with E-state index in [1.54, 1.807) is 12.1 Å². The van der Waals surface area contributed by atoms with Gasteiger partial charge < -0.3 is 0 Å². The first-order valence-electron chi connectivity index (χ1n) is 8.46. The third-order valence-electron chi connectivity index (χ3n) is 4.50. The monoisotopic (exact) mass is 324 g/mol. The van der Waals surface area contributed by atoms with Crippen LogP contribution in [0.5, 0.6) is 0 Å². The van der Waals surface area contributed by atoms with Crippen LogP contribution in [0.15, 0.2) is 72.8 Å². The molecule has 0 spiro atoms. The fourth-order valence-corrected chi connectivity index (χ4v) is 3.10. The van der Waals surface area contributed by atoms with Crippen LogP contribution >= 0.6 is 0 Å². The van der Waals surface area contributed by atoms with Gasteiger partial charge in [-0.15, -0.1) is 0 Å². The van der Waals surface area contributed by atoms with Crippen molar-refractivity contribution in [1.29, 1.82) is 0 Å². The molecule has 0 bridgehead atoms. The Balaban J connectivity index is 1.76. The van der Waals surface area contributed by atoms with Crippen molar-refractivity contribution in [2.45, 2.75) is 13.3 Å². The number of fused-ring (bicyclic) bond motifs is 3. The number of hydrogen-bond donors (Lipinski definition) is 0. The lowest BCUT2D eigenvalue weighted by Crippen LogP contribution is -1.83. The molecule has 25 heavy (non-hydrogen) atoms. The van der Waals surface area contributed by atoms with Crippen LogP contribution < -0.4 is 0 Å². The fraction of sp³-hybridized carbons (Fsp3) is 0.0833. The molecule has 0 fully saturated rings. The highest BCUT2D eigenvalue weighted by atomic mass is 19.1. The SMILES string of the molecule is CCc1ccc2c(ccc3cc(C#Cc4ccc(F)cc4)ccc32)c1. The summed E-state index contributed by atoms with van der Waals surface area (Å²) in [4.78, 5) is 0. The predicted octanol–water partition coefficient (Wildman–Crippen LogP) is 6.09. The Morgan fingerprint density at radius 1 is 0.680 bits per heavy atom. The second-order valence-corrected chi connectivity index (χ2v) is 6.17. The van der Waals surface area contributed by atoms with E-state index in [1.807, 2.05) is 6.07 Å². The number of halogens is 1. The van der Waals surface area contributed by atoms with Gasteiger partial charge in [0.1, 0.15) is 5.82 Å². The standard InChI is InChI=1S/C24H17F/c1-2-17-7-13-23-20(15-17)9-10-21-16-19(8-14-24(21)23)4-3-18-5-11-22(25)12-6-18/h5-16H,2H2,1H3. The number of benzene rings is 4. The van der Waals surface area contributed by atoms with E-state index < -0.39 is 0 Å². The topological polar surface area (TPSA) is 0 Å². The fourth-order valence-electron chi connectivity index (χ4n) is 3.10. The lowest BCUT2D eigenvalue weighted by atomic mass is 9.98. The van der Waals surface area contributed by atoms with Crippen LogP contribution in [0, 0.1) is 17.7 Å². The molecule has 0 nitrogen and oxygen atoms in total. The van der Waals surface area contributed by atoms with E-state index in [0.717, 1.165) is 17.5 Å². The zero-order chi connectivity index (χ0) is 17.2. The van der Waals surface area contributed by atoms with Gasteiger partial charge in [-0.3, -0.25) is 0 Å². The molecule has 0 unspecified atom stereocenters. The van der Waals surface area contributed by atoms with Crippen molar-refractivity contribution in [3.05, 3.63) is 95.3 Å². The Kier molecular flexibility index (Phi) is 3.96. The van der Waals surface area contributed by atoms with Gasteiger partial charge in [-0.05, 0) is 69.9 Å². The molecule has 0 aliphatic rings. The van der Waals surface area contributed by atoms with E-state index >= 15 is 0 Å². The zero-order valence-electron chi connectivity index (χ0n) is 14.0. The van der Waals surface area contributed by atoms with Gasteiger partial charge in [0.15, 0.2) is 0 Å². The lowest BCUT2D eigenvalue weighted by molar-refractivity contribution is 0.627. The highest BCUT2D eigenvalue weighted by Crippen LogP contribution is 2.27. The van der Waals surface area contributed by atoms with Gasteiger partial charge in [0, 0.05) is 11.1 Å². The molecule has 0 saturated heterocycles. The first-order chi connectivity index (χ1) is 12.2. The van der Waals surface area contributed by atoms with Crippen molar-refractivity contribution in [3.8, 4) is 11.8 Å². The molecular formula is C24H17F. The van der Waals surface area contributed by atoms with E-state index in [4.69, 9.17) is 0 Å². The molecule has 1 heteroatoms. The van der Waals surface area contributed by atoms with Crippen LogP contribution in [0.4, 0.5) is 4.39 Å². The summed E-state index contributed by atoms with van der Waals surface area (Å²) < 4.78 is 13.0. The van der Waals surface area contributed by atoms with Crippen LogP contribution in [0.1, 0.15) is 23.6 Å². The Hall–Kier alpha value is -3.11. The van der Waals surface area contributed by atoms with Gasteiger partial charge in [0.25, 0.3) is 0 Å². The van der Waals surface area contributed by atoms with Gasteiger partial charge in [0.2, 0.25) is 0 Å². The molecule has 0 aromatic heterocycles. The van der Waals surface area contributed by atoms with Gasteiger partial charge >= 0.3 is 0 Å². The van der Waals surface area contributed by atoms with E-state index in [-0.39, 0.29) is 5.82 Å². The molecular weight excluding hydrogens is 307 g/mol. The molecule has 0 aliphatic carbocycles. The summed E-state index contributed by atoms with van der Waals surface area (Å²) in [6.45, 7) is 2.17. The summed E-state index contributed by atoms with van der Waals surface area (Å²) >= 11 is 0. The number of hydrogen-bond acceptors (Lipinski definition) is 0. The number of aryl methyl sites for hydroxylation is 1. The van der Waals surface area contributed by atoms with Crippen molar-refractivity contribution in [2.24, 2.45) is 0 Å². The quantitative estimate of drug-likeness (QED) is 0.293.